The number of para-hydroxylation sites is 1. The Kier molecular flexibility index (Phi) is 9.15. The lowest BCUT2D eigenvalue weighted by atomic mass is 9.79. The van der Waals surface area contributed by atoms with Crippen molar-refractivity contribution in [1.29, 1.82) is 0 Å². The molecule has 2 aliphatic rings. The van der Waals surface area contributed by atoms with Crippen LogP contribution in [-0.2, 0) is 6.18 Å². The van der Waals surface area contributed by atoms with E-state index in [9.17, 15) is 27.2 Å². The van der Waals surface area contributed by atoms with Gasteiger partial charge < -0.3 is 24.9 Å². The summed E-state index contributed by atoms with van der Waals surface area (Å²) in [5, 5.41) is 5.06. The molecule has 1 aliphatic heterocycles. The predicted molar refractivity (Wildman–Crippen MR) is 168 cm³/mol. The highest BCUT2D eigenvalue weighted by molar-refractivity contribution is 6.03. The number of benzene rings is 2. The maximum absolute atomic E-state index is 14.0. The molecule has 2 aromatic carbocycles. The van der Waals surface area contributed by atoms with Gasteiger partial charge in [-0.25, -0.2) is 19.2 Å². The summed E-state index contributed by atoms with van der Waals surface area (Å²) in [5.41, 5.74) is 0.144. The quantitative estimate of drug-likeness (QED) is 0.208. The van der Waals surface area contributed by atoms with Crippen LogP contribution in [0.2, 0.25) is 0 Å². The molecule has 2 aromatic heterocycles. The topological polar surface area (TPSA) is 104 Å². The molecule has 0 spiro atoms. The minimum absolute atomic E-state index is 0.0710. The highest BCUT2D eigenvalue weighted by atomic mass is 19.4. The summed E-state index contributed by atoms with van der Waals surface area (Å²) in [5.74, 6) is -1.96. The van der Waals surface area contributed by atoms with E-state index in [2.05, 4.69) is 32.7 Å². The maximum atomic E-state index is 14.0. The number of halogens is 4. The van der Waals surface area contributed by atoms with Gasteiger partial charge in [0.15, 0.2) is 11.6 Å². The van der Waals surface area contributed by atoms with E-state index in [1.54, 1.807) is 23.1 Å². The molecule has 0 bridgehead atoms. The number of oxazole rings is 1. The molecular weight excluding hydrogens is 616 g/mol. The number of aromatic nitrogens is 2. The monoisotopic (exact) mass is 650 g/mol. The summed E-state index contributed by atoms with van der Waals surface area (Å²) < 4.78 is 61.3. The van der Waals surface area contributed by atoms with Crippen LogP contribution in [0.15, 0.2) is 77.3 Å². The van der Waals surface area contributed by atoms with Crippen molar-refractivity contribution in [2.24, 2.45) is 0 Å². The number of rotatable bonds is 6. The summed E-state index contributed by atoms with van der Waals surface area (Å²) >= 11 is 0. The van der Waals surface area contributed by atoms with Gasteiger partial charge in [-0.2, -0.15) is 13.2 Å². The minimum atomic E-state index is -4.87. The third kappa shape index (κ3) is 7.23. The fourth-order valence-corrected chi connectivity index (χ4v) is 6.31. The third-order valence-corrected chi connectivity index (χ3v) is 8.80. The number of nitrogens with zero attached hydrogens (tertiary/aromatic N) is 4. The van der Waals surface area contributed by atoms with Crippen LogP contribution in [0.3, 0.4) is 0 Å². The molecule has 2 fully saturated rings. The molecule has 1 aliphatic carbocycles. The normalized spacial score (nSPS) is 20.1. The zero-order valence-electron chi connectivity index (χ0n) is 25.6. The fourth-order valence-electron chi connectivity index (χ4n) is 6.31. The Morgan fingerprint density at radius 2 is 1.60 bits per heavy atom. The molecule has 1 atom stereocenters. The van der Waals surface area contributed by atoms with Crippen molar-refractivity contribution >= 4 is 29.1 Å². The van der Waals surface area contributed by atoms with E-state index in [4.69, 9.17) is 4.42 Å². The van der Waals surface area contributed by atoms with Gasteiger partial charge >= 0.3 is 12.2 Å². The molecular formula is C34H34F4N6O3. The summed E-state index contributed by atoms with van der Waals surface area (Å²) in [6.45, 7) is 3.09. The van der Waals surface area contributed by atoms with Crippen molar-refractivity contribution in [3.05, 3.63) is 102 Å². The second kappa shape index (κ2) is 13.4. The van der Waals surface area contributed by atoms with Crippen LogP contribution >= 0.6 is 0 Å². The molecule has 246 valence electrons. The highest BCUT2D eigenvalue weighted by Gasteiger charge is 2.42. The second-order valence-corrected chi connectivity index (χ2v) is 11.9. The Hall–Kier alpha value is -4.94. The lowest BCUT2D eigenvalue weighted by Crippen LogP contribution is -2.55. The Labute approximate surface area is 269 Å². The van der Waals surface area contributed by atoms with Crippen molar-refractivity contribution in [2.75, 3.05) is 35.2 Å². The first-order valence-corrected chi connectivity index (χ1v) is 15.5. The van der Waals surface area contributed by atoms with Crippen molar-refractivity contribution in [1.82, 2.24) is 14.9 Å². The number of piperazine rings is 1. The van der Waals surface area contributed by atoms with Gasteiger partial charge in [0, 0.05) is 31.6 Å². The summed E-state index contributed by atoms with van der Waals surface area (Å²) in [6.07, 6.45) is -0.744. The summed E-state index contributed by atoms with van der Waals surface area (Å²) in [7, 11) is 0. The number of hydrogen-bond acceptors (Lipinski definition) is 6. The molecule has 47 heavy (non-hydrogen) atoms. The Bertz CT molecular complexity index is 1710. The molecule has 1 saturated carbocycles. The SMILES string of the molecule is CC1CN(c2ccc(NC(=O)c3oc(C4CCC(c5ccccc5)CC4)nc3C(F)(F)F)cn2)CCN1C(=O)Nc1ccccc1F. The van der Waals surface area contributed by atoms with Gasteiger partial charge in [-0.05, 0) is 68.4 Å². The number of urea groups is 1. The van der Waals surface area contributed by atoms with Crippen LogP contribution in [0.4, 0.5) is 39.5 Å². The van der Waals surface area contributed by atoms with Crippen LogP contribution in [0.1, 0.15) is 72.1 Å². The van der Waals surface area contributed by atoms with Crippen LogP contribution in [-0.4, -0.2) is 52.5 Å². The second-order valence-electron chi connectivity index (χ2n) is 11.9. The van der Waals surface area contributed by atoms with Gasteiger partial charge in [-0.15, -0.1) is 0 Å². The number of alkyl halides is 3. The standard InChI is InChI=1S/C34H34F4N6O3/c1-21-20-43(17-18-44(21)33(46)41-27-10-6-5-9-26(27)35)28-16-15-25(19-39-28)40-31(45)29-30(34(36,37)38)42-32(47-29)24-13-11-23(12-14-24)22-7-3-2-4-8-22/h2-10,15-16,19,21,23-24H,11-14,17-18,20H2,1H3,(H,40,45)(H,41,46). The maximum Gasteiger partial charge on any atom is 0.437 e. The smallest absolute Gasteiger partial charge is 0.435 e. The van der Waals surface area contributed by atoms with Crippen molar-refractivity contribution in [3.63, 3.8) is 0 Å². The Morgan fingerprint density at radius 3 is 2.26 bits per heavy atom. The zero-order chi connectivity index (χ0) is 33.1. The van der Waals surface area contributed by atoms with Gasteiger partial charge in [0.2, 0.25) is 5.76 Å². The van der Waals surface area contributed by atoms with Crippen LogP contribution < -0.4 is 15.5 Å². The largest absolute Gasteiger partial charge is 0.437 e. The van der Waals surface area contributed by atoms with E-state index in [0.29, 0.717) is 44.2 Å². The lowest BCUT2D eigenvalue weighted by Gasteiger charge is -2.40. The van der Waals surface area contributed by atoms with Crippen LogP contribution in [0.5, 0.6) is 0 Å². The average molecular weight is 651 g/mol. The number of hydrogen-bond donors (Lipinski definition) is 2. The summed E-state index contributed by atoms with van der Waals surface area (Å²) in [6, 6.07) is 18.5. The average Bonchev–Trinajstić information content (AvgIpc) is 3.54. The van der Waals surface area contributed by atoms with Crippen molar-refractivity contribution in [3.8, 4) is 0 Å². The first-order valence-electron chi connectivity index (χ1n) is 15.5. The highest BCUT2D eigenvalue weighted by Crippen LogP contribution is 2.42. The van der Waals surface area contributed by atoms with Gasteiger partial charge in [0.1, 0.15) is 11.6 Å². The van der Waals surface area contributed by atoms with E-state index < -0.39 is 35.4 Å². The molecule has 1 unspecified atom stereocenters. The molecule has 3 heterocycles. The van der Waals surface area contributed by atoms with E-state index >= 15 is 0 Å². The lowest BCUT2D eigenvalue weighted by molar-refractivity contribution is -0.141. The van der Waals surface area contributed by atoms with Gasteiger partial charge in [0.05, 0.1) is 17.6 Å². The number of amides is 3. The number of pyridine rings is 1. The molecule has 0 radical (unpaired) electrons. The fraction of sp³-hybridized carbons (Fsp3) is 0.353. The van der Waals surface area contributed by atoms with Crippen LogP contribution in [0, 0.1) is 5.82 Å². The third-order valence-electron chi connectivity index (χ3n) is 8.80. The molecule has 4 aromatic rings. The first kappa shape index (κ1) is 32.0. The van der Waals surface area contributed by atoms with Gasteiger partial charge in [-0.3, -0.25) is 4.79 Å². The van der Waals surface area contributed by atoms with E-state index in [1.807, 2.05) is 30.0 Å². The predicted octanol–water partition coefficient (Wildman–Crippen LogP) is 7.66. The number of anilines is 3. The Balaban J connectivity index is 1.07. The zero-order valence-corrected chi connectivity index (χ0v) is 25.6. The molecule has 13 heteroatoms. The van der Waals surface area contributed by atoms with E-state index in [1.165, 1.54) is 30.0 Å². The summed E-state index contributed by atoms with van der Waals surface area (Å²) in [4.78, 5) is 37.5. The molecule has 3 amide bonds. The first-order chi connectivity index (χ1) is 22.6. The van der Waals surface area contributed by atoms with Crippen molar-refractivity contribution < 1.29 is 31.6 Å². The molecule has 6 rings (SSSR count). The minimum Gasteiger partial charge on any atom is -0.435 e. The number of carbonyl (C=O) groups excluding carboxylic acids is 2. The molecule has 9 nitrogen and oxygen atoms in total. The van der Waals surface area contributed by atoms with Gasteiger partial charge in [-0.1, -0.05) is 42.5 Å². The van der Waals surface area contributed by atoms with Crippen molar-refractivity contribution in [2.45, 2.75) is 56.7 Å². The van der Waals surface area contributed by atoms with Crippen LogP contribution in [0.25, 0.3) is 0 Å². The van der Waals surface area contributed by atoms with E-state index in [0.717, 1.165) is 12.8 Å². The number of carbonyl (C=O) groups is 2. The Morgan fingerprint density at radius 1 is 0.894 bits per heavy atom. The molecule has 2 N–H and O–H groups in total. The number of nitrogens with one attached hydrogen (secondary N) is 2. The van der Waals surface area contributed by atoms with E-state index in [-0.39, 0.29) is 29.2 Å². The van der Waals surface area contributed by atoms with Gasteiger partial charge in [0.25, 0.3) is 5.91 Å². The molecule has 1 saturated heterocycles.